The van der Waals surface area contributed by atoms with E-state index >= 15 is 0 Å². The third kappa shape index (κ3) is 7.72. The molecular weight excluding hydrogens is 292 g/mol. The first-order valence-electron chi connectivity index (χ1n) is 8.83. The van der Waals surface area contributed by atoms with E-state index in [-0.39, 0.29) is 5.54 Å². The Hall–Kier alpha value is -1.70. The molecule has 0 radical (unpaired) electrons. The van der Waals surface area contributed by atoms with Gasteiger partial charge in [0, 0.05) is 30.7 Å². The first-order valence-corrected chi connectivity index (χ1v) is 8.83. The van der Waals surface area contributed by atoms with Gasteiger partial charge in [-0.25, -0.2) is 0 Å². The average Bonchev–Trinajstić information content (AvgIpc) is 2.45. The Balaban J connectivity index is 4.88. The molecule has 1 N–H and O–H groups in total. The van der Waals surface area contributed by atoms with Gasteiger partial charge in [-0.15, -0.1) is 0 Å². The summed E-state index contributed by atoms with van der Waals surface area (Å²) in [7, 11) is 2.10. The van der Waals surface area contributed by atoms with E-state index in [9.17, 15) is 0 Å². The van der Waals surface area contributed by atoms with Gasteiger partial charge in [-0.3, -0.25) is 0 Å². The summed E-state index contributed by atoms with van der Waals surface area (Å²) in [6.45, 7) is 21.2. The molecule has 0 aliphatic carbocycles. The molecule has 24 heavy (non-hydrogen) atoms. The fourth-order valence-electron chi connectivity index (χ4n) is 2.51. The van der Waals surface area contributed by atoms with E-state index < -0.39 is 0 Å². The zero-order valence-corrected chi connectivity index (χ0v) is 17.3. The summed E-state index contributed by atoms with van der Waals surface area (Å²) in [5, 5.41) is 3.56. The summed E-state index contributed by atoms with van der Waals surface area (Å²) in [6.07, 6.45) is 11.7. The van der Waals surface area contributed by atoms with Gasteiger partial charge in [0.2, 0.25) is 0 Å². The van der Waals surface area contributed by atoms with Crippen molar-refractivity contribution in [3.8, 4) is 0 Å². The van der Waals surface area contributed by atoms with Crippen LogP contribution < -0.4 is 5.32 Å². The first-order chi connectivity index (χ1) is 11.0. The Morgan fingerprint density at radius 2 is 1.79 bits per heavy atom. The van der Waals surface area contributed by atoms with Crippen LogP contribution in [0.2, 0.25) is 0 Å². The Kier molecular flexibility index (Phi) is 9.50. The number of hydrogen-bond donors (Lipinski definition) is 1. The monoisotopic (exact) mass is 330 g/mol. The zero-order valence-electron chi connectivity index (χ0n) is 17.3. The number of hydrogen-bond acceptors (Lipinski definition) is 2. The maximum atomic E-state index is 3.91. The highest BCUT2D eigenvalue weighted by molar-refractivity contribution is 5.32. The van der Waals surface area contributed by atoms with Crippen LogP contribution in [-0.4, -0.2) is 17.5 Å². The van der Waals surface area contributed by atoms with Crippen molar-refractivity contribution in [1.29, 1.82) is 0 Å². The van der Waals surface area contributed by atoms with E-state index in [0.29, 0.717) is 5.92 Å². The highest BCUT2D eigenvalue weighted by atomic mass is 15.1. The summed E-state index contributed by atoms with van der Waals surface area (Å²) < 4.78 is 0. The number of nitrogens with one attached hydrogen (secondary N) is 1. The molecule has 2 nitrogen and oxygen atoms in total. The lowest BCUT2D eigenvalue weighted by Gasteiger charge is -2.32. The quantitative estimate of drug-likeness (QED) is 0.508. The predicted molar refractivity (Wildman–Crippen MR) is 110 cm³/mol. The van der Waals surface area contributed by atoms with Gasteiger partial charge in [0.15, 0.2) is 0 Å². The van der Waals surface area contributed by atoms with Crippen molar-refractivity contribution in [1.82, 2.24) is 10.2 Å². The number of nitrogens with zero attached hydrogens (tertiary/aromatic N) is 1. The molecule has 0 saturated carbocycles. The second kappa shape index (κ2) is 10.2. The van der Waals surface area contributed by atoms with Crippen LogP contribution in [-0.2, 0) is 0 Å². The van der Waals surface area contributed by atoms with Crippen molar-refractivity contribution in [2.75, 3.05) is 7.05 Å². The molecule has 0 aromatic heterocycles. The molecule has 0 aromatic carbocycles. The van der Waals surface area contributed by atoms with E-state index in [2.05, 4.69) is 103 Å². The van der Waals surface area contributed by atoms with Crippen molar-refractivity contribution in [2.24, 2.45) is 5.92 Å². The van der Waals surface area contributed by atoms with Gasteiger partial charge in [0.05, 0.1) is 0 Å². The molecule has 1 atom stereocenters. The lowest BCUT2D eigenvalue weighted by Crippen LogP contribution is -2.42. The number of rotatable bonds is 9. The molecule has 0 bridgehead atoms. The van der Waals surface area contributed by atoms with Gasteiger partial charge in [0.1, 0.15) is 0 Å². The molecule has 0 aromatic rings. The minimum Gasteiger partial charge on any atom is -0.385 e. The molecule has 2 heteroatoms. The van der Waals surface area contributed by atoms with Crippen LogP contribution in [0.15, 0.2) is 59.6 Å². The fourth-order valence-corrected chi connectivity index (χ4v) is 2.51. The third-order valence-corrected chi connectivity index (χ3v) is 4.51. The zero-order chi connectivity index (χ0) is 18.9. The van der Waals surface area contributed by atoms with E-state index in [1.807, 2.05) is 6.92 Å². The standard InChI is InChI=1S/C22H38N2/c1-11-19(6)21(18(4)5)24(10)16-15-23-22(8,9)20(7)14-12-13-17(2)3/h11-13,15-16,20,23H,2,14H2,1,3-10H3/b13-12-,16-15-,19-11-. The van der Waals surface area contributed by atoms with Gasteiger partial charge in [0.25, 0.3) is 0 Å². The van der Waals surface area contributed by atoms with E-state index in [0.717, 1.165) is 12.0 Å². The van der Waals surface area contributed by atoms with Gasteiger partial charge in [-0.05, 0) is 66.4 Å². The maximum Gasteiger partial charge on any atom is 0.0416 e. The third-order valence-electron chi connectivity index (χ3n) is 4.51. The minimum absolute atomic E-state index is 0.0253. The van der Waals surface area contributed by atoms with Crippen LogP contribution >= 0.6 is 0 Å². The van der Waals surface area contributed by atoms with Crippen LogP contribution in [0.1, 0.15) is 61.8 Å². The number of allylic oxidation sites excluding steroid dienone is 6. The van der Waals surface area contributed by atoms with Crippen LogP contribution in [0, 0.1) is 5.92 Å². The maximum absolute atomic E-state index is 3.91. The SMILES string of the molecule is C=C(C)/C=C\CC(C)C(C)(C)N/C=C\N(C)C(=C(C)C)/C(C)=C\C. The Morgan fingerprint density at radius 3 is 2.25 bits per heavy atom. The lowest BCUT2D eigenvalue weighted by atomic mass is 9.86. The lowest BCUT2D eigenvalue weighted by molar-refractivity contribution is 0.301. The molecule has 1 unspecified atom stereocenters. The molecule has 0 amide bonds. The Morgan fingerprint density at radius 1 is 1.21 bits per heavy atom. The van der Waals surface area contributed by atoms with E-state index in [1.165, 1.54) is 16.8 Å². The summed E-state index contributed by atoms with van der Waals surface area (Å²) in [5.41, 5.74) is 5.00. The molecule has 0 spiro atoms. The highest BCUT2D eigenvalue weighted by Crippen LogP contribution is 2.21. The molecule has 0 aliphatic heterocycles. The van der Waals surface area contributed by atoms with Gasteiger partial charge < -0.3 is 10.2 Å². The van der Waals surface area contributed by atoms with E-state index in [1.54, 1.807) is 0 Å². The fraction of sp³-hybridized carbons (Fsp3) is 0.545. The van der Waals surface area contributed by atoms with Gasteiger partial charge in [-0.2, -0.15) is 0 Å². The van der Waals surface area contributed by atoms with Gasteiger partial charge in [-0.1, -0.05) is 42.9 Å². The van der Waals surface area contributed by atoms with Crippen LogP contribution in [0.5, 0.6) is 0 Å². The van der Waals surface area contributed by atoms with Crippen molar-refractivity contribution in [3.63, 3.8) is 0 Å². The van der Waals surface area contributed by atoms with Crippen LogP contribution in [0.4, 0.5) is 0 Å². The summed E-state index contributed by atoms with van der Waals surface area (Å²) >= 11 is 0. The highest BCUT2D eigenvalue weighted by Gasteiger charge is 2.23. The molecule has 0 fully saturated rings. The van der Waals surface area contributed by atoms with Crippen molar-refractivity contribution in [3.05, 3.63) is 59.6 Å². The molecule has 0 aliphatic rings. The van der Waals surface area contributed by atoms with Crippen molar-refractivity contribution >= 4 is 0 Å². The topological polar surface area (TPSA) is 15.3 Å². The normalized spacial score (nSPS) is 14.1. The minimum atomic E-state index is 0.0253. The molecule has 0 saturated heterocycles. The Bertz CT molecular complexity index is 526. The first kappa shape index (κ1) is 22.3. The second-order valence-corrected chi connectivity index (χ2v) is 7.50. The van der Waals surface area contributed by atoms with Crippen LogP contribution in [0.25, 0.3) is 0 Å². The van der Waals surface area contributed by atoms with Crippen molar-refractivity contribution < 1.29 is 0 Å². The van der Waals surface area contributed by atoms with E-state index in [4.69, 9.17) is 0 Å². The van der Waals surface area contributed by atoms with Gasteiger partial charge >= 0.3 is 0 Å². The largest absolute Gasteiger partial charge is 0.385 e. The molecule has 136 valence electrons. The Labute approximate surface area is 150 Å². The average molecular weight is 331 g/mol. The van der Waals surface area contributed by atoms with Crippen LogP contribution in [0.3, 0.4) is 0 Å². The van der Waals surface area contributed by atoms with Crippen molar-refractivity contribution in [2.45, 2.75) is 67.3 Å². The second-order valence-electron chi connectivity index (χ2n) is 7.50. The smallest absolute Gasteiger partial charge is 0.0416 e. The number of likely N-dealkylation sites (N-methyl/N-ethyl adjacent to an activating group) is 1. The summed E-state index contributed by atoms with van der Waals surface area (Å²) in [5.74, 6) is 0.517. The molecule has 0 heterocycles. The summed E-state index contributed by atoms with van der Waals surface area (Å²) in [4.78, 5) is 2.18. The predicted octanol–water partition coefficient (Wildman–Crippen LogP) is 6.18. The molecule has 0 rings (SSSR count). The molecular formula is C22H38N2. The summed E-state index contributed by atoms with van der Waals surface area (Å²) in [6, 6.07) is 0.